The third kappa shape index (κ3) is 1.98. The second-order valence-electron chi connectivity index (χ2n) is 3.51. The third-order valence-electron chi connectivity index (χ3n) is 2.38. The lowest BCUT2D eigenvalue weighted by Crippen LogP contribution is -2.49. The standard InChI is InChI=1S/C10H15N3/c1-9-8-13(6-5-12-9)10-3-2-4-11-7-10/h2-4,7,9,12H,5-6,8H2,1H3/t9-/m0/s1. The summed E-state index contributed by atoms with van der Waals surface area (Å²) in [6.07, 6.45) is 3.74. The largest absolute Gasteiger partial charge is 0.367 e. The van der Waals surface area contributed by atoms with Crippen molar-refractivity contribution in [3.05, 3.63) is 24.5 Å². The Bertz CT molecular complexity index is 260. The van der Waals surface area contributed by atoms with Crippen LogP contribution in [-0.4, -0.2) is 30.7 Å². The normalized spacial score (nSPS) is 23.2. The van der Waals surface area contributed by atoms with Crippen LogP contribution in [0.25, 0.3) is 0 Å². The molecule has 2 rings (SSSR count). The van der Waals surface area contributed by atoms with Gasteiger partial charge in [-0.1, -0.05) is 0 Å². The molecule has 2 heterocycles. The first-order chi connectivity index (χ1) is 6.36. The number of hydrogen-bond acceptors (Lipinski definition) is 3. The first kappa shape index (κ1) is 8.51. The van der Waals surface area contributed by atoms with Gasteiger partial charge >= 0.3 is 0 Å². The lowest BCUT2D eigenvalue weighted by Gasteiger charge is -2.33. The molecule has 0 radical (unpaired) electrons. The van der Waals surface area contributed by atoms with Crippen molar-refractivity contribution in [3.8, 4) is 0 Å². The summed E-state index contributed by atoms with van der Waals surface area (Å²) in [5.41, 5.74) is 1.23. The second-order valence-corrected chi connectivity index (χ2v) is 3.51. The molecule has 3 nitrogen and oxygen atoms in total. The summed E-state index contributed by atoms with van der Waals surface area (Å²) in [6, 6.07) is 4.68. The molecule has 0 amide bonds. The fourth-order valence-corrected chi connectivity index (χ4v) is 1.71. The van der Waals surface area contributed by atoms with E-state index in [2.05, 4.69) is 28.2 Å². The van der Waals surface area contributed by atoms with E-state index in [1.54, 1.807) is 0 Å². The summed E-state index contributed by atoms with van der Waals surface area (Å²) in [5.74, 6) is 0. The first-order valence-corrected chi connectivity index (χ1v) is 4.74. The zero-order valence-corrected chi connectivity index (χ0v) is 7.90. The summed E-state index contributed by atoms with van der Waals surface area (Å²) in [6.45, 7) is 5.43. The fraction of sp³-hybridized carbons (Fsp3) is 0.500. The fourth-order valence-electron chi connectivity index (χ4n) is 1.71. The highest BCUT2D eigenvalue weighted by atomic mass is 15.2. The number of anilines is 1. The highest BCUT2D eigenvalue weighted by Gasteiger charge is 2.15. The van der Waals surface area contributed by atoms with E-state index in [4.69, 9.17) is 0 Å². The van der Waals surface area contributed by atoms with Gasteiger partial charge in [0.2, 0.25) is 0 Å². The van der Waals surface area contributed by atoms with Crippen molar-refractivity contribution in [2.75, 3.05) is 24.5 Å². The van der Waals surface area contributed by atoms with Gasteiger partial charge in [-0.15, -0.1) is 0 Å². The number of nitrogens with zero attached hydrogens (tertiary/aromatic N) is 2. The molecule has 3 heteroatoms. The van der Waals surface area contributed by atoms with E-state index in [-0.39, 0.29) is 0 Å². The van der Waals surface area contributed by atoms with Crippen LogP contribution < -0.4 is 10.2 Å². The SMILES string of the molecule is C[C@H]1CN(c2cccnc2)CCN1. The molecule has 0 saturated carbocycles. The minimum absolute atomic E-state index is 0.578. The van der Waals surface area contributed by atoms with Gasteiger partial charge in [0.1, 0.15) is 0 Å². The predicted octanol–water partition coefficient (Wildman–Crippen LogP) is 0.880. The van der Waals surface area contributed by atoms with E-state index in [0.717, 1.165) is 19.6 Å². The maximum atomic E-state index is 4.12. The highest BCUT2D eigenvalue weighted by Crippen LogP contribution is 2.13. The highest BCUT2D eigenvalue weighted by molar-refractivity contribution is 5.44. The average Bonchev–Trinajstić information content (AvgIpc) is 2.19. The molecule has 1 fully saturated rings. The minimum atomic E-state index is 0.578. The first-order valence-electron chi connectivity index (χ1n) is 4.74. The molecule has 0 unspecified atom stereocenters. The van der Waals surface area contributed by atoms with Crippen molar-refractivity contribution in [2.24, 2.45) is 0 Å². The lowest BCUT2D eigenvalue weighted by molar-refractivity contribution is 0.484. The summed E-state index contributed by atoms with van der Waals surface area (Å²) in [7, 11) is 0. The number of nitrogens with one attached hydrogen (secondary N) is 1. The lowest BCUT2D eigenvalue weighted by atomic mass is 10.2. The number of piperazine rings is 1. The van der Waals surface area contributed by atoms with E-state index in [9.17, 15) is 0 Å². The van der Waals surface area contributed by atoms with E-state index in [0.29, 0.717) is 6.04 Å². The van der Waals surface area contributed by atoms with Crippen molar-refractivity contribution in [1.82, 2.24) is 10.3 Å². The molecule has 1 N–H and O–H groups in total. The molecule has 1 aliphatic rings. The number of hydrogen-bond donors (Lipinski definition) is 1. The van der Waals surface area contributed by atoms with Crippen molar-refractivity contribution in [3.63, 3.8) is 0 Å². The van der Waals surface area contributed by atoms with Gasteiger partial charge < -0.3 is 10.2 Å². The summed E-state index contributed by atoms with van der Waals surface area (Å²) >= 11 is 0. The Morgan fingerprint density at radius 2 is 2.54 bits per heavy atom. The zero-order valence-electron chi connectivity index (χ0n) is 7.90. The minimum Gasteiger partial charge on any atom is -0.367 e. The Morgan fingerprint density at radius 1 is 1.62 bits per heavy atom. The Labute approximate surface area is 78.8 Å². The van der Waals surface area contributed by atoms with Crippen molar-refractivity contribution in [1.29, 1.82) is 0 Å². The Hall–Kier alpha value is -1.09. The molecule has 1 atom stereocenters. The number of aromatic nitrogens is 1. The molecule has 1 aromatic rings. The topological polar surface area (TPSA) is 28.2 Å². The monoisotopic (exact) mass is 177 g/mol. The smallest absolute Gasteiger partial charge is 0.0553 e. The van der Waals surface area contributed by atoms with Crippen LogP contribution in [0.1, 0.15) is 6.92 Å². The third-order valence-corrected chi connectivity index (χ3v) is 2.38. The molecule has 0 bridgehead atoms. The molecule has 1 aliphatic heterocycles. The van der Waals surface area contributed by atoms with E-state index in [1.165, 1.54) is 5.69 Å². The van der Waals surface area contributed by atoms with Crippen LogP contribution in [-0.2, 0) is 0 Å². The van der Waals surface area contributed by atoms with Gasteiger partial charge in [0, 0.05) is 31.9 Å². The summed E-state index contributed by atoms with van der Waals surface area (Å²) in [4.78, 5) is 6.49. The van der Waals surface area contributed by atoms with Crippen LogP contribution in [0.2, 0.25) is 0 Å². The van der Waals surface area contributed by atoms with Gasteiger partial charge in [0.15, 0.2) is 0 Å². The quantitative estimate of drug-likeness (QED) is 0.690. The Kier molecular flexibility index (Phi) is 2.45. The molecule has 0 spiro atoms. The van der Waals surface area contributed by atoms with Crippen molar-refractivity contribution < 1.29 is 0 Å². The molecule has 0 aliphatic carbocycles. The van der Waals surface area contributed by atoms with Gasteiger partial charge in [0.25, 0.3) is 0 Å². The predicted molar refractivity (Wildman–Crippen MR) is 53.9 cm³/mol. The molecule has 13 heavy (non-hydrogen) atoms. The Morgan fingerprint density at radius 3 is 3.23 bits per heavy atom. The maximum absolute atomic E-state index is 4.12. The molecule has 1 aromatic heterocycles. The second kappa shape index (κ2) is 3.75. The molecular formula is C10H15N3. The van der Waals surface area contributed by atoms with Crippen LogP contribution >= 0.6 is 0 Å². The van der Waals surface area contributed by atoms with Crippen LogP contribution in [0.3, 0.4) is 0 Å². The van der Waals surface area contributed by atoms with Crippen LogP contribution in [0, 0.1) is 0 Å². The molecule has 1 saturated heterocycles. The van der Waals surface area contributed by atoms with Gasteiger partial charge in [-0.2, -0.15) is 0 Å². The molecular weight excluding hydrogens is 162 g/mol. The molecule has 70 valence electrons. The summed E-state index contributed by atoms with van der Waals surface area (Å²) < 4.78 is 0. The van der Waals surface area contributed by atoms with Crippen molar-refractivity contribution >= 4 is 5.69 Å². The van der Waals surface area contributed by atoms with Crippen LogP contribution in [0.5, 0.6) is 0 Å². The summed E-state index contributed by atoms with van der Waals surface area (Å²) in [5, 5.41) is 3.42. The van der Waals surface area contributed by atoms with E-state index in [1.807, 2.05) is 18.5 Å². The number of pyridine rings is 1. The van der Waals surface area contributed by atoms with Gasteiger partial charge in [0.05, 0.1) is 11.9 Å². The van der Waals surface area contributed by atoms with Gasteiger partial charge in [-0.25, -0.2) is 0 Å². The van der Waals surface area contributed by atoms with Gasteiger partial charge in [-0.3, -0.25) is 4.98 Å². The van der Waals surface area contributed by atoms with E-state index < -0.39 is 0 Å². The average molecular weight is 177 g/mol. The van der Waals surface area contributed by atoms with Crippen LogP contribution in [0.4, 0.5) is 5.69 Å². The van der Waals surface area contributed by atoms with E-state index >= 15 is 0 Å². The Balaban J connectivity index is 2.08. The maximum Gasteiger partial charge on any atom is 0.0553 e. The van der Waals surface area contributed by atoms with Crippen molar-refractivity contribution in [2.45, 2.75) is 13.0 Å². The van der Waals surface area contributed by atoms with Gasteiger partial charge in [-0.05, 0) is 19.1 Å². The van der Waals surface area contributed by atoms with Crippen LogP contribution in [0.15, 0.2) is 24.5 Å². The zero-order chi connectivity index (χ0) is 9.10. The molecule has 0 aromatic carbocycles. The number of rotatable bonds is 1.